The van der Waals surface area contributed by atoms with Crippen molar-refractivity contribution in [2.75, 3.05) is 31.6 Å². The quantitative estimate of drug-likeness (QED) is 0.605. The number of likely N-dealkylation sites (tertiary alicyclic amines) is 1. The van der Waals surface area contributed by atoms with Crippen LogP contribution in [-0.4, -0.2) is 43.0 Å². The van der Waals surface area contributed by atoms with Crippen LogP contribution in [0, 0.1) is 0 Å². The second-order valence-electron chi connectivity index (χ2n) is 7.87. The first-order valence-electron chi connectivity index (χ1n) is 10.9. The molecular weight excluding hydrogens is 424 g/mol. The summed E-state index contributed by atoms with van der Waals surface area (Å²) in [6.45, 7) is 2.62. The van der Waals surface area contributed by atoms with Gasteiger partial charge in [0.2, 0.25) is 0 Å². The van der Waals surface area contributed by atoms with Gasteiger partial charge < -0.3 is 19.7 Å². The van der Waals surface area contributed by atoms with Gasteiger partial charge in [-0.05, 0) is 67.3 Å². The molecule has 0 radical (unpaired) electrons. The molecule has 0 aliphatic carbocycles. The average Bonchev–Trinajstić information content (AvgIpc) is 3.35. The Morgan fingerprint density at radius 1 is 0.875 bits per heavy atom. The van der Waals surface area contributed by atoms with Crippen LogP contribution in [0.1, 0.15) is 39.3 Å². The van der Waals surface area contributed by atoms with E-state index in [4.69, 9.17) is 9.47 Å². The van der Waals surface area contributed by atoms with Crippen molar-refractivity contribution < 1.29 is 19.1 Å². The zero-order valence-corrected chi connectivity index (χ0v) is 18.5. The number of thiophene rings is 1. The molecule has 2 aliphatic heterocycles. The van der Waals surface area contributed by atoms with Gasteiger partial charge in [-0.2, -0.15) is 0 Å². The van der Waals surface area contributed by atoms with Gasteiger partial charge in [0.05, 0.1) is 16.1 Å². The lowest BCUT2D eigenvalue weighted by Crippen LogP contribution is -2.36. The van der Waals surface area contributed by atoms with E-state index in [1.165, 1.54) is 11.3 Å². The molecule has 0 bridgehead atoms. The fraction of sp³-hybridized carbons (Fsp3) is 0.280. The van der Waals surface area contributed by atoms with E-state index in [2.05, 4.69) is 5.32 Å². The fourth-order valence-corrected chi connectivity index (χ4v) is 4.94. The van der Waals surface area contributed by atoms with Crippen LogP contribution < -0.4 is 14.8 Å². The summed E-state index contributed by atoms with van der Waals surface area (Å²) in [6, 6.07) is 16.8. The molecule has 2 amide bonds. The van der Waals surface area contributed by atoms with Gasteiger partial charge in [-0.3, -0.25) is 9.59 Å². The molecule has 32 heavy (non-hydrogen) atoms. The van der Waals surface area contributed by atoms with E-state index in [-0.39, 0.29) is 11.8 Å². The number of nitrogens with one attached hydrogen (secondary N) is 1. The number of carbonyl (C=O) groups excluding carboxylic acids is 2. The van der Waals surface area contributed by atoms with Gasteiger partial charge in [0.1, 0.15) is 13.2 Å². The first-order valence-corrected chi connectivity index (χ1v) is 11.7. The molecule has 0 saturated carbocycles. The Balaban J connectivity index is 1.33. The van der Waals surface area contributed by atoms with Crippen molar-refractivity contribution in [3.63, 3.8) is 0 Å². The van der Waals surface area contributed by atoms with Crippen LogP contribution >= 0.6 is 11.3 Å². The highest BCUT2D eigenvalue weighted by Crippen LogP contribution is 2.37. The van der Waals surface area contributed by atoms with Crippen LogP contribution in [0.5, 0.6) is 11.5 Å². The number of rotatable bonds is 4. The summed E-state index contributed by atoms with van der Waals surface area (Å²) in [6.07, 6.45) is 3.21. The van der Waals surface area contributed by atoms with E-state index in [0.717, 1.165) is 54.3 Å². The van der Waals surface area contributed by atoms with Gasteiger partial charge in [0, 0.05) is 18.0 Å². The topological polar surface area (TPSA) is 67.9 Å². The number of benzene rings is 2. The van der Waals surface area contributed by atoms with Crippen LogP contribution in [0.4, 0.5) is 5.69 Å². The van der Waals surface area contributed by atoms with E-state index in [0.29, 0.717) is 29.3 Å². The second kappa shape index (κ2) is 9.04. The number of amides is 2. The molecule has 1 aromatic heterocycles. The lowest BCUT2D eigenvalue weighted by atomic mass is 10.1. The highest BCUT2D eigenvalue weighted by molar-refractivity contribution is 7.17. The van der Waals surface area contributed by atoms with Crippen molar-refractivity contribution in [2.45, 2.75) is 19.3 Å². The molecule has 0 spiro atoms. The Morgan fingerprint density at radius 3 is 2.50 bits per heavy atom. The molecule has 2 aliphatic rings. The second-order valence-corrected chi connectivity index (χ2v) is 8.96. The van der Waals surface area contributed by atoms with Crippen LogP contribution in [0.2, 0.25) is 0 Å². The highest BCUT2D eigenvalue weighted by atomic mass is 32.1. The summed E-state index contributed by atoms with van der Waals surface area (Å²) in [7, 11) is 0. The first-order chi connectivity index (χ1) is 15.7. The highest BCUT2D eigenvalue weighted by Gasteiger charge is 2.22. The number of ether oxygens (including phenoxy) is 2. The number of piperidine rings is 1. The third-order valence-electron chi connectivity index (χ3n) is 5.71. The minimum absolute atomic E-state index is 0.0243. The molecule has 2 aromatic carbocycles. The standard InChI is InChI=1S/C25H24N2O4S/c28-24(26-19-7-3-2-6-18(19)25(29)27-12-4-1-5-13-27)23-11-10-22(32-23)17-8-9-20-21(16-17)31-15-14-30-20/h2-3,6-11,16H,1,4-5,12-15H2,(H,26,28). The van der Waals surface area contributed by atoms with E-state index < -0.39 is 0 Å². The Kier molecular flexibility index (Phi) is 5.81. The lowest BCUT2D eigenvalue weighted by Gasteiger charge is -2.27. The van der Waals surface area contributed by atoms with Crippen molar-refractivity contribution in [3.05, 3.63) is 65.0 Å². The van der Waals surface area contributed by atoms with Crippen molar-refractivity contribution in [2.24, 2.45) is 0 Å². The molecule has 7 heteroatoms. The number of para-hydroxylation sites is 1. The van der Waals surface area contributed by atoms with Gasteiger partial charge in [0.15, 0.2) is 11.5 Å². The number of carbonyl (C=O) groups is 2. The van der Waals surface area contributed by atoms with Crippen molar-refractivity contribution in [3.8, 4) is 21.9 Å². The molecule has 164 valence electrons. The largest absolute Gasteiger partial charge is 0.486 e. The predicted octanol–water partition coefficient (Wildman–Crippen LogP) is 5.06. The predicted molar refractivity (Wildman–Crippen MR) is 125 cm³/mol. The first kappa shape index (κ1) is 20.6. The maximum absolute atomic E-state index is 13.0. The van der Waals surface area contributed by atoms with E-state index in [1.807, 2.05) is 41.3 Å². The van der Waals surface area contributed by atoms with Crippen LogP contribution in [0.3, 0.4) is 0 Å². The summed E-state index contributed by atoms with van der Waals surface area (Å²) < 4.78 is 11.3. The molecular formula is C25H24N2O4S. The SMILES string of the molecule is O=C(Nc1ccccc1C(=O)N1CCCCC1)c1ccc(-c2ccc3c(c2)OCCO3)s1. The molecule has 1 N–H and O–H groups in total. The zero-order valence-electron chi connectivity index (χ0n) is 17.6. The molecule has 1 fully saturated rings. The molecule has 6 nitrogen and oxygen atoms in total. The fourth-order valence-electron chi connectivity index (χ4n) is 4.04. The van der Waals surface area contributed by atoms with E-state index in [9.17, 15) is 9.59 Å². The summed E-state index contributed by atoms with van der Waals surface area (Å²) >= 11 is 1.40. The van der Waals surface area contributed by atoms with Gasteiger partial charge in [0.25, 0.3) is 11.8 Å². The van der Waals surface area contributed by atoms with Gasteiger partial charge >= 0.3 is 0 Å². The minimum atomic E-state index is -0.224. The number of nitrogens with zero attached hydrogens (tertiary/aromatic N) is 1. The monoisotopic (exact) mass is 448 g/mol. The van der Waals surface area contributed by atoms with Gasteiger partial charge in [-0.15, -0.1) is 11.3 Å². The van der Waals surface area contributed by atoms with Crippen LogP contribution in [0.25, 0.3) is 10.4 Å². The summed E-state index contributed by atoms with van der Waals surface area (Å²) in [4.78, 5) is 29.4. The number of anilines is 1. The Bertz CT molecular complexity index is 1150. The Morgan fingerprint density at radius 2 is 1.66 bits per heavy atom. The van der Waals surface area contributed by atoms with Gasteiger partial charge in [-0.25, -0.2) is 0 Å². The van der Waals surface area contributed by atoms with Crippen molar-refractivity contribution in [1.82, 2.24) is 4.90 Å². The summed E-state index contributed by atoms with van der Waals surface area (Å²) in [5.41, 5.74) is 2.05. The maximum atomic E-state index is 13.0. The zero-order chi connectivity index (χ0) is 21.9. The minimum Gasteiger partial charge on any atom is -0.486 e. The Labute approximate surface area is 190 Å². The van der Waals surface area contributed by atoms with Crippen molar-refractivity contribution in [1.29, 1.82) is 0 Å². The average molecular weight is 449 g/mol. The Hall–Kier alpha value is -3.32. The van der Waals surface area contributed by atoms with Crippen LogP contribution in [-0.2, 0) is 0 Å². The number of hydrogen-bond acceptors (Lipinski definition) is 5. The molecule has 5 rings (SSSR count). The van der Waals surface area contributed by atoms with E-state index >= 15 is 0 Å². The van der Waals surface area contributed by atoms with Crippen LogP contribution in [0.15, 0.2) is 54.6 Å². The third-order valence-corrected chi connectivity index (χ3v) is 6.84. The summed E-state index contributed by atoms with van der Waals surface area (Å²) in [5.74, 6) is 1.21. The molecule has 3 aromatic rings. The lowest BCUT2D eigenvalue weighted by molar-refractivity contribution is 0.0725. The smallest absolute Gasteiger partial charge is 0.265 e. The molecule has 1 saturated heterocycles. The molecule has 0 atom stereocenters. The maximum Gasteiger partial charge on any atom is 0.265 e. The normalized spacial score (nSPS) is 15.3. The molecule has 0 unspecified atom stereocenters. The number of hydrogen-bond donors (Lipinski definition) is 1. The molecule has 3 heterocycles. The van der Waals surface area contributed by atoms with Crippen molar-refractivity contribution >= 4 is 28.8 Å². The summed E-state index contributed by atoms with van der Waals surface area (Å²) in [5, 5.41) is 2.94. The van der Waals surface area contributed by atoms with E-state index in [1.54, 1.807) is 18.2 Å². The third kappa shape index (κ3) is 4.21. The number of fused-ring (bicyclic) bond motifs is 1. The van der Waals surface area contributed by atoms with Gasteiger partial charge in [-0.1, -0.05) is 12.1 Å².